The molecule has 0 amide bonds. The molecule has 0 saturated carbocycles. The zero-order valence-corrected chi connectivity index (χ0v) is 9.41. The predicted octanol–water partition coefficient (Wildman–Crippen LogP) is 3.62. The topological polar surface area (TPSA) is 26.3 Å². The second-order valence-corrected chi connectivity index (χ2v) is 3.82. The zero-order chi connectivity index (χ0) is 13.3. The van der Waals surface area contributed by atoms with Crippen molar-refractivity contribution in [2.75, 3.05) is 0 Å². The number of aryl methyl sites for hydroxylation is 1. The van der Waals surface area contributed by atoms with E-state index in [9.17, 15) is 18.0 Å². The van der Waals surface area contributed by atoms with Crippen molar-refractivity contribution in [3.05, 3.63) is 42.0 Å². The molecule has 0 spiro atoms. The Morgan fingerprint density at radius 1 is 1.11 bits per heavy atom. The molecule has 0 bridgehead atoms. The lowest BCUT2D eigenvalue weighted by molar-refractivity contribution is -0.189. The van der Waals surface area contributed by atoms with Gasteiger partial charge in [-0.15, -0.1) is 0 Å². The van der Waals surface area contributed by atoms with Gasteiger partial charge in [-0.1, -0.05) is 36.4 Å². The summed E-state index contributed by atoms with van der Waals surface area (Å²) >= 11 is 0. The molecule has 0 saturated heterocycles. The Hall–Kier alpha value is -2.04. The van der Waals surface area contributed by atoms with Gasteiger partial charge in [0.25, 0.3) is 0 Å². The third-order valence-corrected chi connectivity index (χ3v) is 2.50. The van der Waals surface area contributed by atoms with Crippen molar-refractivity contribution in [3.63, 3.8) is 0 Å². The van der Waals surface area contributed by atoms with Gasteiger partial charge in [-0.25, -0.2) is 4.79 Å². The molecule has 18 heavy (non-hydrogen) atoms. The number of ether oxygens (including phenoxy) is 1. The van der Waals surface area contributed by atoms with Gasteiger partial charge in [-0.05, 0) is 17.9 Å². The lowest BCUT2D eigenvalue weighted by Gasteiger charge is -2.11. The summed E-state index contributed by atoms with van der Waals surface area (Å²) < 4.78 is 41.0. The number of benzene rings is 2. The van der Waals surface area contributed by atoms with Crippen LogP contribution in [0, 0.1) is 6.92 Å². The molecule has 94 valence electrons. The van der Waals surface area contributed by atoms with Crippen molar-refractivity contribution >= 4 is 16.7 Å². The summed E-state index contributed by atoms with van der Waals surface area (Å²) in [6, 6.07) is 10.2. The average Bonchev–Trinajstić information content (AvgIpc) is 2.31. The first-order chi connectivity index (χ1) is 8.39. The van der Waals surface area contributed by atoms with Gasteiger partial charge < -0.3 is 4.74 Å². The maximum Gasteiger partial charge on any atom is 0.491 e. The summed E-state index contributed by atoms with van der Waals surface area (Å²) in [4.78, 5) is 10.9. The molecule has 2 nitrogen and oxygen atoms in total. The summed E-state index contributed by atoms with van der Waals surface area (Å²) in [5, 5.41) is 1.20. The quantitative estimate of drug-likeness (QED) is 0.574. The van der Waals surface area contributed by atoms with Gasteiger partial charge in [-0.3, -0.25) is 0 Å². The SMILES string of the molecule is Cc1ccc2ccccc2c1OC(=O)C(F)(F)F. The molecule has 2 aromatic rings. The van der Waals surface area contributed by atoms with Gasteiger partial charge in [0, 0.05) is 5.39 Å². The number of alkyl halides is 3. The van der Waals surface area contributed by atoms with E-state index < -0.39 is 12.1 Å². The number of halogens is 3. The summed E-state index contributed by atoms with van der Waals surface area (Å²) in [5.74, 6) is -2.25. The van der Waals surface area contributed by atoms with Crippen molar-refractivity contribution < 1.29 is 22.7 Å². The first-order valence-corrected chi connectivity index (χ1v) is 5.17. The first-order valence-electron chi connectivity index (χ1n) is 5.17. The van der Waals surface area contributed by atoms with E-state index in [1.807, 2.05) is 0 Å². The minimum atomic E-state index is -5.00. The van der Waals surface area contributed by atoms with Gasteiger partial charge in [0.15, 0.2) is 0 Å². The van der Waals surface area contributed by atoms with Crippen LogP contribution in [0.25, 0.3) is 10.8 Å². The molecule has 0 aromatic heterocycles. The number of hydrogen-bond donors (Lipinski definition) is 0. The number of hydrogen-bond acceptors (Lipinski definition) is 2. The molecule has 0 unspecified atom stereocenters. The van der Waals surface area contributed by atoms with E-state index in [-0.39, 0.29) is 5.75 Å². The highest BCUT2D eigenvalue weighted by Gasteiger charge is 2.41. The van der Waals surface area contributed by atoms with E-state index >= 15 is 0 Å². The molecule has 0 aliphatic heterocycles. The molecular formula is C13H9F3O2. The van der Waals surface area contributed by atoms with Crippen LogP contribution < -0.4 is 4.74 Å². The second-order valence-electron chi connectivity index (χ2n) is 3.82. The smallest absolute Gasteiger partial charge is 0.419 e. The molecule has 0 heterocycles. The summed E-state index contributed by atoms with van der Waals surface area (Å²) in [7, 11) is 0. The lowest BCUT2D eigenvalue weighted by atomic mass is 10.1. The largest absolute Gasteiger partial charge is 0.491 e. The molecule has 0 aliphatic rings. The Labute approximate surface area is 101 Å². The Morgan fingerprint density at radius 3 is 2.44 bits per heavy atom. The summed E-state index contributed by atoms with van der Waals surface area (Å²) in [5.41, 5.74) is 0.478. The molecule has 2 rings (SSSR count). The van der Waals surface area contributed by atoms with Crippen LogP contribution in [-0.4, -0.2) is 12.1 Å². The fraction of sp³-hybridized carbons (Fsp3) is 0.154. The summed E-state index contributed by atoms with van der Waals surface area (Å²) in [6.07, 6.45) is -5.00. The second kappa shape index (κ2) is 4.33. The van der Waals surface area contributed by atoms with E-state index in [0.29, 0.717) is 16.3 Å². The van der Waals surface area contributed by atoms with Crippen LogP contribution in [0.5, 0.6) is 5.75 Å². The van der Waals surface area contributed by atoms with Crippen LogP contribution in [0.1, 0.15) is 5.56 Å². The Bertz CT molecular complexity index is 603. The third kappa shape index (κ3) is 2.30. The van der Waals surface area contributed by atoms with E-state index in [2.05, 4.69) is 4.74 Å². The van der Waals surface area contributed by atoms with E-state index in [0.717, 1.165) is 0 Å². The zero-order valence-electron chi connectivity index (χ0n) is 9.41. The number of esters is 1. The van der Waals surface area contributed by atoms with Crippen LogP contribution in [0.2, 0.25) is 0 Å². The standard InChI is InChI=1S/C13H9F3O2/c1-8-6-7-9-4-2-3-5-10(9)11(8)18-12(17)13(14,15)16/h2-7H,1H3. The fourth-order valence-corrected chi connectivity index (χ4v) is 1.64. The number of carbonyl (C=O) groups is 1. The van der Waals surface area contributed by atoms with Crippen molar-refractivity contribution in [1.82, 2.24) is 0 Å². The van der Waals surface area contributed by atoms with Crippen LogP contribution >= 0.6 is 0 Å². The maximum atomic E-state index is 12.2. The Morgan fingerprint density at radius 2 is 1.78 bits per heavy atom. The van der Waals surface area contributed by atoms with Gasteiger partial charge in [0.2, 0.25) is 0 Å². The van der Waals surface area contributed by atoms with Crippen LogP contribution in [0.4, 0.5) is 13.2 Å². The van der Waals surface area contributed by atoms with Crippen LogP contribution in [-0.2, 0) is 4.79 Å². The fourth-order valence-electron chi connectivity index (χ4n) is 1.64. The van der Waals surface area contributed by atoms with Gasteiger partial charge in [-0.2, -0.15) is 13.2 Å². The molecule has 0 fully saturated rings. The molecule has 5 heteroatoms. The lowest BCUT2D eigenvalue weighted by Crippen LogP contribution is -2.28. The minimum absolute atomic E-state index is 0.0459. The highest BCUT2D eigenvalue weighted by molar-refractivity contribution is 5.92. The highest BCUT2D eigenvalue weighted by atomic mass is 19.4. The van der Waals surface area contributed by atoms with Gasteiger partial charge in [0.1, 0.15) is 5.75 Å². The minimum Gasteiger partial charge on any atom is -0.419 e. The van der Waals surface area contributed by atoms with Gasteiger partial charge in [0.05, 0.1) is 0 Å². The van der Waals surface area contributed by atoms with Crippen molar-refractivity contribution in [3.8, 4) is 5.75 Å². The molecule has 0 aliphatic carbocycles. The molecule has 0 N–H and O–H groups in total. The summed E-state index contributed by atoms with van der Waals surface area (Å²) in [6.45, 7) is 1.59. The van der Waals surface area contributed by atoms with E-state index in [1.54, 1.807) is 43.3 Å². The van der Waals surface area contributed by atoms with Gasteiger partial charge >= 0.3 is 12.1 Å². The van der Waals surface area contributed by atoms with Crippen LogP contribution in [0.3, 0.4) is 0 Å². The van der Waals surface area contributed by atoms with Crippen molar-refractivity contribution in [1.29, 1.82) is 0 Å². The molecule has 2 aromatic carbocycles. The molecular weight excluding hydrogens is 245 g/mol. The Kier molecular flexibility index (Phi) is 2.98. The third-order valence-electron chi connectivity index (χ3n) is 2.50. The average molecular weight is 254 g/mol. The first kappa shape index (κ1) is 12.4. The predicted molar refractivity (Wildman–Crippen MR) is 60.4 cm³/mol. The Balaban J connectivity index is 2.50. The highest BCUT2D eigenvalue weighted by Crippen LogP contribution is 2.31. The van der Waals surface area contributed by atoms with E-state index in [1.165, 1.54) is 0 Å². The molecule has 0 atom stereocenters. The monoisotopic (exact) mass is 254 g/mol. The van der Waals surface area contributed by atoms with Crippen molar-refractivity contribution in [2.45, 2.75) is 13.1 Å². The number of rotatable bonds is 1. The van der Waals surface area contributed by atoms with E-state index in [4.69, 9.17) is 0 Å². The van der Waals surface area contributed by atoms with Crippen LogP contribution in [0.15, 0.2) is 36.4 Å². The molecule has 0 radical (unpaired) electrons. The van der Waals surface area contributed by atoms with Crippen molar-refractivity contribution in [2.24, 2.45) is 0 Å². The maximum absolute atomic E-state index is 12.2. The normalized spacial score (nSPS) is 11.6. The number of carbonyl (C=O) groups excluding carboxylic acids is 1. The number of fused-ring (bicyclic) bond motifs is 1.